The highest BCUT2D eigenvalue weighted by atomic mass is 32.2. The average Bonchev–Trinajstić information content (AvgIpc) is 2.38. The summed E-state index contributed by atoms with van der Waals surface area (Å²) in [4.78, 5) is 0. The van der Waals surface area contributed by atoms with Gasteiger partial charge in [0.15, 0.2) is 0 Å². The van der Waals surface area contributed by atoms with Crippen LogP contribution in [0.3, 0.4) is 0 Å². The summed E-state index contributed by atoms with van der Waals surface area (Å²) >= 11 is 0. The van der Waals surface area contributed by atoms with Crippen molar-refractivity contribution in [3.05, 3.63) is 35.4 Å². The van der Waals surface area contributed by atoms with Crippen LogP contribution in [0.25, 0.3) is 0 Å². The largest absolute Gasteiger partial charge is 0.324 e. The summed E-state index contributed by atoms with van der Waals surface area (Å²) in [5.41, 5.74) is 8.69. The van der Waals surface area contributed by atoms with Crippen molar-refractivity contribution in [2.24, 2.45) is 11.7 Å². The van der Waals surface area contributed by atoms with Crippen molar-refractivity contribution in [2.75, 3.05) is 19.3 Å². The lowest BCUT2D eigenvalue weighted by molar-refractivity contribution is 0.247. The Morgan fingerprint density at radius 3 is 2.75 bits per heavy atom. The molecule has 2 rings (SSSR count). The predicted octanol–water partition coefficient (Wildman–Crippen LogP) is 2.06. The number of nitrogens with two attached hydrogens (primary N) is 1. The molecule has 0 spiro atoms. The van der Waals surface area contributed by atoms with Gasteiger partial charge in [-0.2, -0.15) is 0 Å². The van der Waals surface area contributed by atoms with E-state index in [0.29, 0.717) is 19.0 Å². The molecule has 1 fully saturated rings. The Hall–Kier alpha value is -0.910. The molecule has 0 amide bonds. The third-order valence-electron chi connectivity index (χ3n) is 4.13. The van der Waals surface area contributed by atoms with Gasteiger partial charge in [-0.05, 0) is 43.2 Å². The molecule has 1 saturated heterocycles. The maximum atomic E-state index is 11.6. The molecular formula is C15H24N2O2S. The van der Waals surface area contributed by atoms with Crippen molar-refractivity contribution >= 4 is 10.0 Å². The fourth-order valence-electron chi connectivity index (χ4n) is 3.01. The fourth-order valence-corrected chi connectivity index (χ4v) is 3.95. The second-order valence-electron chi connectivity index (χ2n) is 5.83. The zero-order valence-corrected chi connectivity index (χ0v) is 13.1. The summed E-state index contributed by atoms with van der Waals surface area (Å²) in [6, 6.07) is 8.14. The number of rotatable bonds is 4. The number of hydrogen-bond acceptors (Lipinski definition) is 3. The first-order valence-electron chi connectivity index (χ1n) is 7.14. The van der Waals surface area contributed by atoms with Crippen LogP contribution in [0.2, 0.25) is 0 Å². The molecule has 112 valence electrons. The maximum Gasteiger partial charge on any atom is 0.211 e. The number of piperidine rings is 1. The van der Waals surface area contributed by atoms with Gasteiger partial charge >= 0.3 is 0 Å². The van der Waals surface area contributed by atoms with Gasteiger partial charge in [0, 0.05) is 19.1 Å². The summed E-state index contributed by atoms with van der Waals surface area (Å²) in [7, 11) is -3.07. The van der Waals surface area contributed by atoms with Crippen LogP contribution >= 0.6 is 0 Å². The van der Waals surface area contributed by atoms with E-state index in [1.54, 1.807) is 4.31 Å². The number of benzene rings is 1. The molecule has 1 aromatic rings. The van der Waals surface area contributed by atoms with E-state index in [1.807, 2.05) is 12.1 Å². The van der Waals surface area contributed by atoms with Gasteiger partial charge in [0.2, 0.25) is 10.0 Å². The van der Waals surface area contributed by atoms with E-state index in [9.17, 15) is 8.42 Å². The minimum atomic E-state index is -3.07. The van der Waals surface area contributed by atoms with Crippen LogP contribution in [-0.2, 0) is 10.0 Å². The van der Waals surface area contributed by atoms with Crippen LogP contribution in [0, 0.1) is 12.8 Å². The number of aryl methyl sites for hydroxylation is 1. The highest BCUT2D eigenvalue weighted by molar-refractivity contribution is 7.88. The minimum Gasteiger partial charge on any atom is -0.324 e. The molecule has 1 heterocycles. The van der Waals surface area contributed by atoms with E-state index in [2.05, 4.69) is 19.1 Å². The Morgan fingerprint density at radius 2 is 2.10 bits per heavy atom. The summed E-state index contributed by atoms with van der Waals surface area (Å²) in [6.45, 7) is 3.33. The molecule has 20 heavy (non-hydrogen) atoms. The molecule has 1 aliphatic rings. The Morgan fingerprint density at radius 1 is 1.40 bits per heavy atom. The van der Waals surface area contributed by atoms with Crippen molar-refractivity contribution in [1.29, 1.82) is 0 Å². The molecule has 0 saturated carbocycles. The van der Waals surface area contributed by atoms with E-state index >= 15 is 0 Å². The first-order valence-corrected chi connectivity index (χ1v) is 8.99. The third-order valence-corrected chi connectivity index (χ3v) is 5.40. The number of sulfonamides is 1. The van der Waals surface area contributed by atoms with Crippen molar-refractivity contribution in [3.63, 3.8) is 0 Å². The minimum absolute atomic E-state index is 0.0132. The molecule has 0 radical (unpaired) electrons. The molecule has 2 atom stereocenters. The first kappa shape index (κ1) is 15.5. The van der Waals surface area contributed by atoms with Crippen LogP contribution in [0.1, 0.15) is 36.4 Å². The van der Waals surface area contributed by atoms with Gasteiger partial charge in [0.25, 0.3) is 0 Å². The number of nitrogens with zero attached hydrogens (tertiary/aromatic N) is 1. The molecule has 2 unspecified atom stereocenters. The van der Waals surface area contributed by atoms with Gasteiger partial charge < -0.3 is 5.73 Å². The van der Waals surface area contributed by atoms with Crippen molar-refractivity contribution in [1.82, 2.24) is 4.31 Å². The normalized spacial score (nSPS) is 22.6. The van der Waals surface area contributed by atoms with E-state index in [1.165, 1.54) is 17.4 Å². The van der Waals surface area contributed by atoms with Crippen molar-refractivity contribution < 1.29 is 8.42 Å². The first-order chi connectivity index (χ1) is 9.38. The van der Waals surface area contributed by atoms with Gasteiger partial charge in [-0.3, -0.25) is 0 Å². The summed E-state index contributed by atoms with van der Waals surface area (Å²) in [5, 5.41) is 0. The Labute approximate surface area is 122 Å². The summed E-state index contributed by atoms with van der Waals surface area (Å²) < 4.78 is 24.9. The third kappa shape index (κ3) is 3.81. The lowest BCUT2D eigenvalue weighted by Gasteiger charge is -2.32. The smallest absolute Gasteiger partial charge is 0.211 e. The van der Waals surface area contributed by atoms with Gasteiger partial charge in [0.05, 0.1) is 6.26 Å². The Bertz CT molecular complexity index is 557. The number of hydrogen-bond donors (Lipinski definition) is 1. The Balaban J connectivity index is 2.01. The molecule has 2 N–H and O–H groups in total. The molecule has 1 aromatic carbocycles. The SMILES string of the molecule is Cc1ccccc1C(N)CC1CCCN(S(C)(=O)=O)C1. The van der Waals surface area contributed by atoms with Crippen molar-refractivity contribution in [2.45, 2.75) is 32.2 Å². The van der Waals surface area contributed by atoms with Crippen molar-refractivity contribution in [3.8, 4) is 0 Å². The molecule has 0 bridgehead atoms. The van der Waals surface area contributed by atoms with E-state index < -0.39 is 10.0 Å². The standard InChI is InChI=1S/C15H24N2O2S/c1-12-6-3-4-8-14(12)15(16)10-13-7-5-9-17(11-13)20(2,18)19/h3-4,6,8,13,15H,5,7,9-11,16H2,1-2H3. The molecular weight excluding hydrogens is 272 g/mol. The average molecular weight is 296 g/mol. The lowest BCUT2D eigenvalue weighted by Crippen LogP contribution is -2.40. The van der Waals surface area contributed by atoms with Crippen LogP contribution in [-0.4, -0.2) is 32.1 Å². The molecule has 0 aliphatic carbocycles. The molecule has 0 aromatic heterocycles. The van der Waals surface area contributed by atoms with Gasteiger partial charge in [-0.1, -0.05) is 24.3 Å². The molecule has 1 aliphatic heterocycles. The van der Waals surface area contributed by atoms with Crippen LogP contribution < -0.4 is 5.73 Å². The summed E-state index contributed by atoms with van der Waals surface area (Å²) in [5.74, 6) is 0.355. The highest BCUT2D eigenvalue weighted by Gasteiger charge is 2.27. The second kappa shape index (κ2) is 6.24. The second-order valence-corrected chi connectivity index (χ2v) is 7.81. The van der Waals surface area contributed by atoms with E-state index in [4.69, 9.17) is 5.73 Å². The van der Waals surface area contributed by atoms with Crippen LogP contribution in [0.15, 0.2) is 24.3 Å². The molecule has 4 nitrogen and oxygen atoms in total. The lowest BCUT2D eigenvalue weighted by atomic mass is 9.88. The highest BCUT2D eigenvalue weighted by Crippen LogP contribution is 2.28. The Kier molecular flexibility index (Phi) is 4.83. The monoisotopic (exact) mass is 296 g/mol. The van der Waals surface area contributed by atoms with Crippen LogP contribution in [0.4, 0.5) is 0 Å². The zero-order valence-electron chi connectivity index (χ0n) is 12.2. The van der Waals surface area contributed by atoms with E-state index in [-0.39, 0.29) is 6.04 Å². The predicted molar refractivity (Wildman–Crippen MR) is 81.9 cm³/mol. The van der Waals surface area contributed by atoms with Gasteiger partial charge in [-0.15, -0.1) is 0 Å². The molecule has 5 heteroatoms. The topological polar surface area (TPSA) is 63.4 Å². The summed E-state index contributed by atoms with van der Waals surface area (Å²) in [6.07, 6.45) is 4.12. The van der Waals surface area contributed by atoms with Gasteiger partial charge in [-0.25, -0.2) is 12.7 Å². The van der Waals surface area contributed by atoms with Crippen LogP contribution in [0.5, 0.6) is 0 Å². The zero-order chi connectivity index (χ0) is 14.8. The van der Waals surface area contributed by atoms with E-state index in [0.717, 1.165) is 19.3 Å². The van der Waals surface area contributed by atoms with Gasteiger partial charge in [0.1, 0.15) is 0 Å². The maximum absolute atomic E-state index is 11.6. The fraction of sp³-hybridized carbons (Fsp3) is 0.600. The quantitative estimate of drug-likeness (QED) is 0.925.